The summed E-state index contributed by atoms with van der Waals surface area (Å²) in [5.74, 6) is 0.683. The molecule has 2 aromatic carbocycles. The first kappa shape index (κ1) is 17.1. The van der Waals surface area contributed by atoms with Crippen molar-refractivity contribution in [1.29, 1.82) is 0 Å². The van der Waals surface area contributed by atoms with Crippen molar-refractivity contribution >= 4 is 22.2 Å². The quantitative estimate of drug-likeness (QED) is 0.830. The van der Waals surface area contributed by atoms with E-state index < -0.39 is 16.2 Å². The Balaban J connectivity index is 1.96. The molecule has 1 atom stereocenters. The summed E-state index contributed by atoms with van der Waals surface area (Å²) in [6.07, 6.45) is 1.41. The minimum absolute atomic E-state index is 0.582. The predicted molar refractivity (Wildman–Crippen MR) is 100 cm³/mol. The van der Waals surface area contributed by atoms with Crippen molar-refractivity contribution in [3.05, 3.63) is 54.6 Å². The zero-order valence-corrected chi connectivity index (χ0v) is 14.8. The topological polar surface area (TPSA) is 56.2 Å². The average molecular weight is 348 g/mol. The summed E-state index contributed by atoms with van der Waals surface area (Å²) >= 11 is 0. The Kier molecular flexibility index (Phi) is 5.01. The van der Waals surface area contributed by atoms with Gasteiger partial charge in [-0.3, -0.25) is 9.11 Å². The van der Waals surface area contributed by atoms with Crippen molar-refractivity contribution in [1.82, 2.24) is 4.90 Å². The van der Waals surface area contributed by atoms with Gasteiger partial charge in [-0.2, -0.15) is 0 Å². The van der Waals surface area contributed by atoms with Gasteiger partial charge >= 0.3 is 0 Å². The molecule has 0 fully saturated rings. The average Bonchev–Trinajstić information content (AvgIpc) is 2.55. The Bertz CT molecular complexity index is 679. The van der Waals surface area contributed by atoms with Gasteiger partial charge in [0.2, 0.25) is 5.44 Å². The van der Waals surface area contributed by atoms with Crippen molar-refractivity contribution in [3.63, 3.8) is 0 Å². The van der Waals surface area contributed by atoms with Gasteiger partial charge in [-0.15, -0.1) is 0 Å². The summed E-state index contributed by atoms with van der Waals surface area (Å²) in [6.45, 7) is 0.877. The molecule has 0 aromatic heterocycles. The van der Waals surface area contributed by atoms with Gasteiger partial charge in [0, 0.05) is 6.42 Å². The van der Waals surface area contributed by atoms with Crippen LogP contribution in [0.1, 0.15) is 12.8 Å². The summed E-state index contributed by atoms with van der Waals surface area (Å²) in [5.41, 5.74) is 0.797. The lowest BCUT2D eigenvalue weighted by atomic mass is 10.2. The number of nitrogens with zero attached hydrogens (tertiary/aromatic N) is 2. The lowest BCUT2D eigenvalue weighted by Gasteiger charge is -2.51. The largest absolute Gasteiger partial charge is 0.467 e. The van der Waals surface area contributed by atoms with E-state index in [0.29, 0.717) is 17.9 Å². The minimum Gasteiger partial charge on any atom is -0.467 e. The van der Waals surface area contributed by atoms with Crippen molar-refractivity contribution in [2.45, 2.75) is 18.3 Å². The van der Waals surface area contributed by atoms with Gasteiger partial charge in [0.15, 0.2) is 0 Å². The van der Waals surface area contributed by atoms with Crippen molar-refractivity contribution in [2.24, 2.45) is 0 Å². The summed E-state index contributed by atoms with van der Waals surface area (Å²) in [6, 6.07) is 17.0. The van der Waals surface area contributed by atoms with E-state index in [1.165, 1.54) is 0 Å². The molecule has 6 heteroatoms. The number of benzene rings is 2. The Labute approximate surface area is 145 Å². The van der Waals surface area contributed by atoms with Gasteiger partial charge in [-0.25, -0.2) is 4.31 Å². The lowest BCUT2D eigenvalue weighted by Crippen LogP contribution is -2.39. The fourth-order valence-electron chi connectivity index (χ4n) is 2.84. The smallest absolute Gasteiger partial charge is 0.206 e. The highest BCUT2D eigenvalue weighted by molar-refractivity contribution is 8.26. The number of para-hydroxylation sites is 3. The second-order valence-electron chi connectivity index (χ2n) is 6.15. The van der Waals surface area contributed by atoms with Gasteiger partial charge in [0.1, 0.15) is 11.4 Å². The Hall–Kier alpha value is -1.73. The molecule has 5 nitrogen and oxygen atoms in total. The molecule has 0 saturated heterocycles. The van der Waals surface area contributed by atoms with E-state index in [9.17, 15) is 9.11 Å². The van der Waals surface area contributed by atoms with Crippen LogP contribution in [0.5, 0.6) is 5.75 Å². The molecule has 0 spiro atoms. The number of rotatable bonds is 5. The first-order valence-electron chi connectivity index (χ1n) is 8.03. The predicted octanol–water partition coefficient (Wildman–Crippen LogP) is 4.55. The minimum atomic E-state index is -3.14. The van der Waals surface area contributed by atoms with Crippen molar-refractivity contribution in [3.8, 4) is 5.75 Å². The molecule has 1 aliphatic heterocycles. The van der Waals surface area contributed by atoms with Crippen LogP contribution in [0.25, 0.3) is 0 Å². The summed E-state index contributed by atoms with van der Waals surface area (Å²) in [4.78, 5) is 2.08. The number of hydrogen-bond acceptors (Lipinski definition) is 5. The fourth-order valence-corrected chi connectivity index (χ4v) is 4.67. The molecular formula is C18H24N2O3S. The normalized spacial score (nSPS) is 20.4. The fraction of sp³-hybridized carbons (Fsp3) is 0.333. The molecule has 130 valence electrons. The van der Waals surface area contributed by atoms with Gasteiger partial charge in [0.25, 0.3) is 0 Å². The third-order valence-electron chi connectivity index (χ3n) is 4.00. The van der Waals surface area contributed by atoms with Crippen LogP contribution < -0.4 is 9.04 Å². The number of fused-ring (bicyclic) bond motifs is 1. The molecule has 2 aromatic rings. The third kappa shape index (κ3) is 3.37. The second kappa shape index (κ2) is 7.03. The van der Waals surface area contributed by atoms with Crippen LogP contribution in [-0.2, 0) is 0 Å². The van der Waals surface area contributed by atoms with Gasteiger partial charge < -0.3 is 9.64 Å². The van der Waals surface area contributed by atoms with E-state index in [4.69, 9.17) is 4.74 Å². The van der Waals surface area contributed by atoms with E-state index in [1.807, 2.05) is 68.7 Å². The van der Waals surface area contributed by atoms with Crippen molar-refractivity contribution < 1.29 is 13.8 Å². The molecule has 1 heterocycles. The summed E-state index contributed by atoms with van der Waals surface area (Å²) in [5, 5.41) is 0. The van der Waals surface area contributed by atoms with E-state index in [-0.39, 0.29) is 0 Å². The second-order valence-corrected chi connectivity index (χ2v) is 8.17. The molecule has 0 saturated carbocycles. The van der Waals surface area contributed by atoms with E-state index in [2.05, 4.69) is 4.90 Å². The molecule has 2 N–H and O–H groups in total. The first-order chi connectivity index (χ1) is 11.5. The standard InChI is InChI=1S/C18H24N2O3S/c1-19(2)14-8-13-18-23-17-12-7-6-11-16(17)20(24(18,21)22)15-9-4-3-5-10-15/h3-7,9-12,18,21-22H,8,13-14H2,1-2H3. The number of ether oxygens (including phenoxy) is 1. The highest BCUT2D eigenvalue weighted by Gasteiger charge is 2.40. The Morgan fingerprint density at radius 1 is 1.04 bits per heavy atom. The van der Waals surface area contributed by atoms with Crippen LogP contribution in [0.2, 0.25) is 0 Å². The number of hydrogen-bond donors (Lipinski definition) is 2. The lowest BCUT2D eigenvalue weighted by molar-refractivity contribution is 0.229. The molecule has 0 radical (unpaired) electrons. The van der Waals surface area contributed by atoms with Crippen LogP contribution >= 0.6 is 10.8 Å². The summed E-state index contributed by atoms with van der Waals surface area (Å²) in [7, 11) is 0.874. The number of anilines is 2. The van der Waals surface area contributed by atoms with E-state index in [0.717, 1.165) is 18.7 Å². The Morgan fingerprint density at radius 2 is 1.71 bits per heavy atom. The van der Waals surface area contributed by atoms with Crippen LogP contribution in [0.15, 0.2) is 54.6 Å². The molecule has 0 bridgehead atoms. The van der Waals surface area contributed by atoms with Crippen LogP contribution in [0, 0.1) is 0 Å². The molecule has 0 aliphatic carbocycles. The molecule has 1 unspecified atom stereocenters. The first-order valence-corrected chi connectivity index (χ1v) is 9.59. The SMILES string of the molecule is CN(C)CCCC1Oc2ccccc2N(c2ccccc2)S1(O)O. The monoisotopic (exact) mass is 348 g/mol. The maximum Gasteiger partial charge on any atom is 0.206 e. The van der Waals surface area contributed by atoms with E-state index >= 15 is 0 Å². The van der Waals surface area contributed by atoms with Gasteiger partial charge in [0.05, 0.1) is 5.69 Å². The molecule has 0 amide bonds. The molecule has 3 rings (SSSR count). The zero-order valence-electron chi connectivity index (χ0n) is 14.0. The third-order valence-corrected chi connectivity index (χ3v) is 5.98. The Morgan fingerprint density at radius 3 is 2.42 bits per heavy atom. The molecular weight excluding hydrogens is 324 g/mol. The van der Waals surface area contributed by atoms with Gasteiger partial charge in [-0.1, -0.05) is 41.1 Å². The maximum absolute atomic E-state index is 11.0. The van der Waals surface area contributed by atoms with Crippen LogP contribution in [0.3, 0.4) is 0 Å². The molecule has 1 aliphatic rings. The highest BCUT2D eigenvalue weighted by Crippen LogP contribution is 2.61. The maximum atomic E-state index is 11.0. The zero-order chi connectivity index (χ0) is 17.2. The van der Waals surface area contributed by atoms with E-state index in [1.54, 1.807) is 4.31 Å². The van der Waals surface area contributed by atoms with Gasteiger partial charge in [-0.05, 0) is 51.3 Å². The van der Waals surface area contributed by atoms with Crippen LogP contribution in [0.4, 0.5) is 11.4 Å². The highest BCUT2D eigenvalue weighted by atomic mass is 32.3. The van der Waals surface area contributed by atoms with Crippen LogP contribution in [-0.4, -0.2) is 40.1 Å². The summed E-state index contributed by atoms with van der Waals surface area (Å²) < 4.78 is 29.6. The molecule has 24 heavy (non-hydrogen) atoms. The van der Waals surface area contributed by atoms with Crippen molar-refractivity contribution in [2.75, 3.05) is 24.9 Å².